The average Bonchev–Trinajstić information content (AvgIpc) is 1.88. The number of carbonyl (C=O) groups is 1. The quantitative estimate of drug-likeness (QED) is 0.817. The fourth-order valence-corrected chi connectivity index (χ4v) is 1.36. The summed E-state index contributed by atoms with van der Waals surface area (Å²) in [7, 11) is 0. The van der Waals surface area contributed by atoms with E-state index in [2.05, 4.69) is 0 Å². The average molecular weight is 331 g/mol. The normalized spacial score (nSPS) is 9.30. The van der Waals surface area contributed by atoms with Crippen LogP contribution in [0.4, 0.5) is 0 Å². The molecule has 0 fully saturated rings. The number of carboxylic acids is 1. The van der Waals surface area contributed by atoms with E-state index in [4.69, 9.17) is 5.11 Å². The van der Waals surface area contributed by atoms with Crippen molar-refractivity contribution in [3.63, 3.8) is 0 Å². The Bertz CT molecular complexity index is 258. The molecule has 2 nitrogen and oxygen atoms in total. The van der Waals surface area contributed by atoms with Crippen LogP contribution in [0.15, 0.2) is 24.3 Å². The van der Waals surface area contributed by atoms with Gasteiger partial charge in [-0.15, -0.1) is 0 Å². The van der Waals surface area contributed by atoms with Crippen molar-refractivity contribution in [2.45, 2.75) is 0 Å². The number of carboxylic acid groups (broad SMARTS) is 1. The third-order valence-electron chi connectivity index (χ3n) is 1.07. The topological polar surface area (TPSA) is 37.3 Å². The van der Waals surface area contributed by atoms with Crippen molar-refractivity contribution < 1.29 is 34.6 Å². The van der Waals surface area contributed by atoms with Gasteiger partial charge in [-0.05, 0) is 0 Å². The first kappa shape index (κ1) is 7.68. The molecule has 0 amide bonds. The van der Waals surface area contributed by atoms with Gasteiger partial charge in [0, 0.05) is 0 Å². The van der Waals surface area contributed by atoms with Crippen molar-refractivity contribution in [1.29, 1.82) is 0 Å². The summed E-state index contributed by atoms with van der Waals surface area (Å²) in [5.41, 5.74) is 0.361. The van der Waals surface area contributed by atoms with E-state index in [0.717, 1.165) is 3.27 Å². The van der Waals surface area contributed by atoms with Crippen molar-refractivity contribution in [3.8, 4) is 0 Å². The SMILES string of the molecule is O=C(O)c1cccc([At])c1. The van der Waals surface area contributed by atoms with Crippen molar-refractivity contribution in [1.82, 2.24) is 0 Å². The summed E-state index contributed by atoms with van der Waals surface area (Å²) in [5, 5.41) is 8.52. The fraction of sp³-hybridized carbons (Fsp3) is 0. The van der Waals surface area contributed by atoms with Gasteiger partial charge < -0.3 is 0 Å². The summed E-state index contributed by atoms with van der Waals surface area (Å²) in [6, 6.07) is 6.89. The molecule has 3 heteroatoms. The molecular weight excluding hydrogens is 326 g/mol. The molecule has 0 atom stereocenters. The van der Waals surface area contributed by atoms with Gasteiger partial charge in [-0.25, -0.2) is 0 Å². The van der Waals surface area contributed by atoms with Crippen molar-refractivity contribution in [3.05, 3.63) is 29.8 Å². The predicted molar refractivity (Wildman–Crippen MR) is 33.0 cm³/mol. The van der Waals surface area contributed by atoms with Gasteiger partial charge in [-0.1, -0.05) is 0 Å². The minimum absolute atomic E-state index is 0.361. The Morgan fingerprint density at radius 1 is 1.50 bits per heavy atom. The first-order valence-corrected chi connectivity index (χ1v) is 4.16. The van der Waals surface area contributed by atoms with E-state index < -0.39 is 5.97 Å². The molecule has 1 rings (SSSR count). The maximum absolute atomic E-state index is 10.4. The number of aromatic carboxylic acids is 1. The van der Waals surface area contributed by atoms with Gasteiger partial charge in [-0.3, -0.25) is 0 Å². The zero-order valence-electron chi connectivity index (χ0n) is 5.04. The minimum atomic E-state index is -0.863. The van der Waals surface area contributed by atoms with Gasteiger partial charge in [0.15, 0.2) is 0 Å². The van der Waals surface area contributed by atoms with Crippen LogP contribution < -0.4 is 3.27 Å². The molecule has 0 radical (unpaired) electrons. The van der Waals surface area contributed by atoms with Gasteiger partial charge in [-0.2, -0.15) is 0 Å². The van der Waals surface area contributed by atoms with Crippen LogP contribution >= 0.6 is 0 Å². The zero-order valence-corrected chi connectivity index (χ0v) is 7.98. The van der Waals surface area contributed by atoms with Gasteiger partial charge in [0.05, 0.1) is 0 Å². The van der Waals surface area contributed by atoms with Crippen LogP contribution in [0.5, 0.6) is 0 Å². The molecule has 1 aromatic carbocycles. The monoisotopic (exact) mass is 331 g/mol. The van der Waals surface area contributed by atoms with Crippen molar-refractivity contribution >= 4 is 9.24 Å². The summed E-state index contributed by atoms with van der Waals surface area (Å²) in [5.74, 6) is -0.863. The second-order valence-corrected chi connectivity index (χ2v) is 3.51. The number of hydrogen-bond acceptors (Lipinski definition) is 1. The van der Waals surface area contributed by atoms with Crippen molar-refractivity contribution in [2.24, 2.45) is 0 Å². The molecule has 0 spiro atoms. The van der Waals surface area contributed by atoms with E-state index in [9.17, 15) is 4.79 Å². The van der Waals surface area contributed by atoms with Crippen LogP contribution in [0.2, 0.25) is 0 Å². The number of benzene rings is 1. The first-order chi connectivity index (χ1) is 4.70. The van der Waals surface area contributed by atoms with E-state index in [1.165, 1.54) is 24.7 Å². The molecule has 52 valence electrons. The molecule has 0 bridgehead atoms. The van der Waals surface area contributed by atoms with Gasteiger partial charge >= 0.3 is 73.7 Å². The van der Waals surface area contributed by atoms with Crippen LogP contribution in [0.3, 0.4) is 0 Å². The molecule has 0 heterocycles. The number of rotatable bonds is 1. The summed E-state index contributed by atoms with van der Waals surface area (Å²) < 4.78 is 1.03. The van der Waals surface area contributed by atoms with E-state index >= 15 is 0 Å². The molecule has 0 aliphatic rings. The number of hydrogen-bond donors (Lipinski definition) is 1. The Kier molecular flexibility index (Phi) is 2.39. The van der Waals surface area contributed by atoms with E-state index in [1.54, 1.807) is 18.2 Å². The van der Waals surface area contributed by atoms with Gasteiger partial charge in [0.1, 0.15) is 0 Å². The zero-order chi connectivity index (χ0) is 7.56. The molecule has 1 N–H and O–H groups in total. The predicted octanol–water partition coefficient (Wildman–Crippen LogP) is 0.559. The second kappa shape index (κ2) is 3.11. The van der Waals surface area contributed by atoms with Crippen LogP contribution in [0, 0.1) is 24.7 Å². The van der Waals surface area contributed by atoms with Gasteiger partial charge in [0.25, 0.3) is 0 Å². The standard InChI is InChI=1S/C7H5AtO2/c8-6-3-1-2-5(4-6)7(9)10/h1-4H,(H,9,10). The van der Waals surface area contributed by atoms with Crippen LogP contribution in [0.1, 0.15) is 10.4 Å². The Balaban J connectivity index is 3.07. The Labute approximate surface area is 73.7 Å². The fourth-order valence-electron chi connectivity index (χ4n) is 0.622. The van der Waals surface area contributed by atoms with Crippen LogP contribution in [-0.2, 0) is 0 Å². The molecule has 10 heavy (non-hydrogen) atoms. The van der Waals surface area contributed by atoms with Crippen LogP contribution in [0.25, 0.3) is 0 Å². The third kappa shape index (κ3) is 1.78. The molecule has 0 aliphatic carbocycles. The maximum atomic E-state index is 10.4. The third-order valence-corrected chi connectivity index (χ3v) is 1.99. The molecule has 0 saturated carbocycles. The summed E-state index contributed by atoms with van der Waals surface area (Å²) in [4.78, 5) is 10.4. The second-order valence-electron chi connectivity index (χ2n) is 1.82. The molecule has 1 aromatic rings. The summed E-state index contributed by atoms with van der Waals surface area (Å²) in [6.45, 7) is 0. The van der Waals surface area contributed by atoms with Gasteiger partial charge in [0.2, 0.25) is 0 Å². The molecule has 0 aliphatic heterocycles. The Hall–Kier alpha value is -0.427. The molecule has 0 aromatic heterocycles. The van der Waals surface area contributed by atoms with E-state index in [0.29, 0.717) is 5.56 Å². The molecule has 0 unspecified atom stereocenters. The summed E-state index contributed by atoms with van der Waals surface area (Å²) in [6.07, 6.45) is 0. The first-order valence-electron chi connectivity index (χ1n) is 2.69. The Morgan fingerprint density at radius 2 is 2.20 bits per heavy atom. The van der Waals surface area contributed by atoms with E-state index in [-0.39, 0.29) is 0 Å². The Morgan fingerprint density at radius 3 is 2.60 bits per heavy atom. The molecular formula is C7H5AtO2. The van der Waals surface area contributed by atoms with E-state index in [1.807, 2.05) is 6.07 Å². The molecule has 0 saturated heterocycles. The van der Waals surface area contributed by atoms with Crippen LogP contribution in [-0.4, -0.2) is 11.1 Å². The summed E-state index contributed by atoms with van der Waals surface area (Å²) >= 11 is 1.48. The van der Waals surface area contributed by atoms with Crippen molar-refractivity contribution in [2.75, 3.05) is 0 Å².